The lowest BCUT2D eigenvalue weighted by atomic mass is 10.2. The van der Waals surface area contributed by atoms with E-state index in [1.54, 1.807) is 24.8 Å². The first-order chi connectivity index (χ1) is 9.72. The Hall–Kier alpha value is -1.92. The molecule has 0 aliphatic carbocycles. The molecule has 0 bridgehead atoms. The van der Waals surface area contributed by atoms with E-state index < -0.39 is 0 Å². The second kappa shape index (κ2) is 6.69. The van der Waals surface area contributed by atoms with Gasteiger partial charge in [0.05, 0.1) is 5.92 Å². The standard InChI is InChI=1S/C13H12ClN5O.ClH/c1-9(6-19-8-15-7-16-19)13-17-12(18-20-13)10-2-4-11(14)5-3-10;/h2-5,7-9H,6H2,1H3;1H. The molecule has 2 heterocycles. The van der Waals surface area contributed by atoms with Gasteiger partial charge < -0.3 is 16.9 Å². The van der Waals surface area contributed by atoms with Gasteiger partial charge in [-0.1, -0.05) is 16.8 Å². The summed E-state index contributed by atoms with van der Waals surface area (Å²) in [5.41, 5.74) is 0.880. The summed E-state index contributed by atoms with van der Waals surface area (Å²) in [4.78, 5) is 8.38. The zero-order chi connectivity index (χ0) is 13.9. The van der Waals surface area contributed by atoms with Crippen LogP contribution in [0.2, 0.25) is 5.02 Å². The van der Waals surface area contributed by atoms with E-state index in [4.69, 9.17) is 16.1 Å². The van der Waals surface area contributed by atoms with E-state index >= 15 is 0 Å². The van der Waals surface area contributed by atoms with E-state index in [0.29, 0.717) is 23.3 Å². The molecule has 0 fully saturated rings. The number of benzene rings is 1. The summed E-state index contributed by atoms with van der Waals surface area (Å²) in [6.45, 7) is 2.72. The molecule has 0 amide bonds. The van der Waals surface area contributed by atoms with Crippen LogP contribution in [-0.2, 0) is 6.54 Å². The summed E-state index contributed by atoms with van der Waals surface area (Å²) >= 11 is 5.86. The van der Waals surface area contributed by atoms with Crippen molar-refractivity contribution in [3.05, 3.63) is 47.8 Å². The quantitative estimate of drug-likeness (QED) is 0.638. The third kappa shape index (κ3) is 3.59. The van der Waals surface area contributed by atoms with E-state index in [9.17, 15) is 0 Å². The third-order valence-electron chi connectivity index (χ3n) is 2.94. The van der Waals surface area contributed by atoms with Crippen LogP contribution in [0, 0.1) is 0 Å². The maximum atomic E-state index is 5.86. The van der Waals surface area contributed by atoms with E-state index in [2.05, 4.69) is 20.2 Å². The number of aromatic nitrogens is 5. The van der Waals surface area contributed by atoms with Gasteiger partial charge in [-0.15, -0.1) is 0 Å². The molecule has 0 saturated heterocycles. The minimum absolute atomic E-state index is 0. The molecule has 6 nitrogen and oxygen atoms in total. The Morgan fingerprint density at radius 3 is 2.76 bits per heavy atom. The topological polar surface area (TPSA) is 71.5 Å². The first-order valence-electron chi connectivity index (χ1n) is 6.20. The van der Waals surface area contributed by atoms with Crippen molar-refractivity contribution in [1.82, 2.24) is 20.2 Å². The van der Waals surface area contributed by atoms with Crippen LogP contribution >= 0.6 is 11.6 Å². The first-order valence-corrected chi connectivity index (χ1v) is 6.57. The Morgan fingerprint density at radius 2 is 2.10 bits per heavy atom. The highest BCUT2D eigenvalue weighted by atomic mass is 35.5. The number of nitrogens with zero attached hydrogens (tertiary/aromatic N) is 4. The number of halogens is 2. The lowest BCUT2D eigenvalue weighted by Gasteiger charge is -2.01. The molecule has 2 aromatic heterocycles. The molecule has 1 N–H and O–H groups in total. The average Bonchev–Trinajstić information content (AvgIpc) is 3.10. The van der Waals surface area contributed by atoms with E-state index in [0.717, 1.165) is 5.56 Å². The molecular formula is C13H13Cl2N5O. The fourth-order valence-electron chi connectivity index (χ4n) is 1.88. The summed E-state index contributed by atoms with van der Waals surface area (Å²) in [6, 6.07) is 7.34. The Bertz CT molecular complexity index is 681. The molecule has 0 saturated carbocycles. The molecule has 8 heteroatoms. The van der Waals surface area contributed by atoms with Crippen LogP contribution in [-0.4, -0.2) is 20.2 Å². The van der Waals surface area contributed by atoms with Gasteiger partial charge in [0.2, 0.25) is 18.0 Å². The minimum Gasteiger partial charge on any atom is -1.00 e. The maximum Gasteiger partial charge on any atom is 0.306 e. The number of hydrogen-bond donors (Lipinski definition) is 1. The summed E-state index contributed by atoms with van der Waals surface area (Å²) in [5, 5.41) is 7.67. The average molecular weight is 326 g/mol. The van der Waals surface area contributed by atoms with E-state index in [1.165, 1.54) is 0 Å². The minimum atomic E-state index is 0. The molecule has 0 aliphatic heterocycles. The van der Waals surface area contributed by atoms with Crippen molar-refractivity contribution in [2.24, 2.45) is 0 Å². The molecule has 3 rings (SSSR count). The summed E-state index contributed by atoms with van der Waals surface area (Å²) < 4.78 is 7.18. The molecule has 0 spiro atoms. The van der Waals surface area contributed by atoms with Crippen LogP contribution in [0.4, 0.5) is 0 Å². The summed E-state index contributed by atoms with van der Waals surface area (Å²) in [5.74, 6) is 1.25. The fourth-order valence-corrected chi connectivity index (χ4v) is 2.01. The van der Waals surface area contributed by atoms with Crippen LogP contribution in [0.15, 0.2) is 41.4 Å². The van der Waals surface area contributed by atoms with Gasteiger partial charge in [-0.05, 0) is 36.2 Å². The van der Waals surface area contributed by atoms with Crippen molar-refractivity contribution in [3.8, 4) is 11.4 Å². The van der Waals surface area contributed by atoms with Crippen LogP contribution < -0.4 is 17.1 Å². The number of hydrogen-bond acceptors (Lipinski definition) is 4. The zero-order valence-corrected chi connectivity index (χ0v) is 12.7. The second-order valence-corrected chi connectivity index (χ2v) is 4.98. The molecule has 21 heavy (non-hydrogen) atoms. The predicted molar refractivity (Wildman–Crippen MR) is 71.9 cm³/mol. The molecule has 1 aromatic carbocycles. The fraction of sp³-hybridized carbons (Fsp3) is 0.231. The molecule has 1 atom stereocenters. The van der Waals surface area contributed by atoms with Gasteiger partial charge in [0.25, 0.3) is 0 Å². The zero-order valence-electron chi connectivity index (χ0n) is 11.2. The predicted octanol–water partition coefficient (Wildman–Crippen LogP) is -0.792. The number of H-pyrrole nitrogens is 1. The number of rotatable bonds is 4. The summed E-state index contributed by atoms with van der Waals surface area (Å²) in [7, 11) is 0. The molecule has 1 unspecified atom stereocenters. The maximum absolute atomic E-state index is 5.86. The van der Waals surface area contributed by atoms with Gasteiger partial charge in [0, 0.05) is 10.6 Å². The molecule has 3 aromatic rings. The van der Waals surface area contributed by atoms with Crippen molar-refractivity contribution in [1.29, 1.82) is 0 Å². The first kappa shape index (κ1) is 15.5. The van der Waals surface area contributed by atoms with Crippen LogP contribution in [0.1, 0.15) is 18.7 Å². The smallest absolute Gasteiger partial charge is 0.306 e. The van der Waals surface area contributed by atoms with Gasteiger partial charge in [-0.25, -0.2) is 0 Å². The van der Waals surface area contributed by atoms with Crippen LogP contribution in [0.5, 0.6) is 0 Å². The van der Waals surface area contributed by atoms with Crippen molar-refractivity contribution in [3.63, 3.8) is 0 Å². The molecular weight excluding hydrogens is 313 g/mol. The Kier molecular flexibility index (Phi) is 4.93. The number of aromatic amines is 1. The SMILES string of the molecule is CC(C[n+]1cnc[nH]1)c1nc(-c2ccc(Cl)cc2)no1.[Cl-]. The Morgan fingerprint density at radius 1 is 1.33 bits per heavy atom. The monoisotopic (exact) mass is 325 g/mol. The third-order valence-corrected chi connectivity index (χ3v) is 3.19. The van der Waals surface area contributed by atoms with Crippen molar-refractivity contribution < 1.29 is 21.6 Å². The van der Waals surface area contributed by atoms with Crippen molar-refractivity contribution in [2.75, 3.05) is 0 Å². The lowest BCUT2D eigenvalue weighted by Crippen LogP contribution is -3.00. The number of nitrogens with one attached hydrogen (secondary N) is 1. The van der Waals surface area contributed by atoms with Gasteiger partial charge in [0.15, 0.2) is 0 Å². The van der Waals surface area contributed by atoms with Gasteiger partial charge in [-0.3, -0.25) is 0 Å². The van der Waals surface area contributed by atoms with Crippen LogP contribution in [0.3, 0.4) is 0 Å². The summed E-state index contributed by atoms with van der Waals surface area (Å²) in [6.07, 6.45) is 3.34. The lowest BCUT2D eigenvalue weighted by molar-refractivity contribution is -0.753. The van der Waals surface area contributed by atoms with E-state index in [1.807, 2.05) is 23.7 Å². The van der Waals surface area contributed by atoms with Gasteiger partial charge in [0.1, 0.15) is 6.54 Å². The highest BCUT2D eigenvalue weighted by molar-refractivity contribution is 6.30. The largest absolute Gasteiger partial charge is 1.00 e. The van der Waals surface area contributed by atoms with E-state index in [-0.39, 0.29) is 18.3 Å². The Balaban J connectivity index is 0.00000161. The van der Waals surface area contributed by atoms with Crippen molar-refractivity contribution >= 4 is 11.6 Å². The van der Waals surface area contributed by atoms with Crippen molar-refractivity contribution in [2.45, 2.75) is 19.4 Å². The molecule has 0 aliphatic rings. The highest BCUT2D eigenvalue weighted by Gasteiger charge is 2.18. The van der Waals surface area contributed by atoms with Crippen LogP contribution in [0.25, 0.3) is 11.4 Å². The van der Waals surface area contributed by atoms with Gasteiger partial charge in [-0.2, -0.15) is 14.8 Å². The highest BCUT2D eigenvalue weighted by Crippen LogP contribution is 2.21. The second-order valence-electron chi connectivity index (χ2n) is 4.54. The molecule has 110 valence electrons. The van der Waals surface area contributed by atoms with Gasteiger partial charge >= 0.3 is 6.33 Å². The normalized spacial score (nSPS) is 11.9. The molecule has 0 radical (unpaired) electrons. The Labute approximate surface area is 132 Å².